The molecule has 0 aliphatic heterocycles. The van der Waals surface area contributed by atoms with Crippen molar-refractivity contribution in [2.24, 2.45) is 5.92 Å². The monoisotopic (exact) mass is 303 g/mol. The van der Waals surface area contributed by atoms with E-state index in [1.165, 1.54) is 0 Å². The first-order valence-corrected chi connectivity index (χ1v) is 6.16. The third kappa shape index (κ3) is 4.90. The molecule has 1 aromatic carbocycles. The van der Waals surface area contributed by atoms with E-state index in [1.807, 2.05) is 26.0 Å². The maximum atomic E-state index is 11.1. The summed E-state index contributed by atoms with van der Waals surface area (Å²) in [5.74, 6) is 0.483. The molecule has 0 spiro atoms. The van der Waals surface area contributed by atoms with E-state index < -0.39 is 12.0 Å². The van der Waals surface area contributed by atoms with E-state index >= 15 is 0 Å². The number of halogens is 1. The Bertz CT molecular complexity index is 437. The van der Waals surface area contributed by atoms with E-state index in [0.717, 1.165) is 5.56 Å². The number of nitrogens with one attached hydrogen (secondary N) is 1. The molecule has 1 aromatic rings. The summed E-state index contributed by atoms with van der Waals surface area (Å²) in [7, 11) is 3.15. The number of rotatable bonds is 7. The number of ether oxygens (including phenoxy) is 2. The maximum Gasteiger partial charge on any atom is 0.320 e. The van der Waals surface area contributed by atoms with Crippen molar-refractivity contribution in [3.63, 3.8) is 0 Å². The smallest absolute Gasteiger partial charge is 0.320 e. The number of carbonyl (C=O) groups is 1. The van der Waals surface area contributed by atoms with E-state index in [9.17, 15) is 4.79 Å². The molecule has 0 radical (unpaired) electrons. The van der Waals surface area contributed by atoms with Crippen molar-refractivity contribution in [2.45, 2.75) is 26.4 Å². The first-order valence-electron chi connectivity index (χ1n) is 6.16. The van der Waals surface area contributed by atoms with Crippen LogP contribution in [0.5, 0.6) is 11.5 Å². The van der Waals surface area contributed by atoms with E-state index in [1.54, 1.807) is 20.3 Å². The van der Waals surface area contributed by atoms with Gasteiger partial charge in [0, 0.05) is 6.54 Å². The Morgan fingerprint density at radius 3 is 2.30 bits per heavy atom. The second-order valence-electron chi connectivity index (χ2n) is 4.63. The molecule has 6 heteroatoms. The van der Waals surface area contributed by atoms with E-state index in [0.29, 0.717) is 18.0 Å². The van der Waals surface area contributed by atoms with Gasteiger partial charge >= 0.3 is 5.97 Å². The SMILES string of the molecule is COc1ccc(CNC(C(=O)O)C(C)C)cc1OC.Cl. The fourth-order valence-electron chi connectivity index (χ4n) is 1.83. The zero-order chi connectivity index (χ0) is 14.4. The maximum absolute atomic E-state index is 11.1. The highest BCUT2D eigenvalue weighted by Crippen LogP contribution is 2.27. The van der Waals surface area contributed by atoms with Gasteiger partial charge in [0.05, 0.1) is 14.2 Å². The minimum atomic E-state index is -0.838. The molecule has 0 saturated carbocycles. The highest BCUT2D eigenvalue weighted by molar-refractivity contribution is 5.85. The van der Waals surface area contributed by atoms with Crippen molar-refractivity contribution in [2.75, 3.05) is 14.2 Å². The molecule has 0 saturated heterocycles. The summed E-state index contributed by atoms with van der Waals surface area (Å²) >= 11 is 0. The predicted molar refractivity (Wildman–Crippen MR) is 79.9 cm³/mol. The number of carboxylic acids is 1. The van der Waals surface area contributed by atoms with Crippen LogP contribution in [0.2, 0.25) is 0 Å². The first-order chi connectivity index (χ1) is 8.99. The topological polar surface area (TPSA) is 67.8 Å². The normalized spacial score (nSPS) is 11.7. The molecule has 0 aromatic heterocycles. The lowest BCUT2D eigenvalue weighted by atomic mass is 10.0. The molecule has 1 rings (SSSR count). The average molecular weight is 304 g/mol. The van der Waals surface area contributed by atoms with E-state index in [-0.39, 0.29) is 18.3 Å². The van der Waals surface area contributed by atoms with Gasteiger partial charge in [-0.1, -0.05) is 19.9 Å². The fraction of sp³-hybridized carbons (Fsp3) is 0.500. The summed E-state index contributed by atoms with van der Waals surface area (Å²) in [6, 6.07) is 4.97. The number of methoxy groups -OCH3 is 2. The highest BCUT2D eigenvalue weighted by Gasteiger charge is 2.20. The van der Waals surface area contributed by atoms with Crippen LogP contribution in [0, 0.1) is 5.92 Å². The predicted octanol–water partition coefficient (Wildman–Crippen LogP) is 2.32. The van der Waals surface area contributed by atoms with Crippen LogP contribution in [0.15, 0.2) is 18.2 Å². The minimum Gasteiger partial charge on any atom is -0.493 e. The lowest BCUT2D eigenvalue weighted by molar-refractivity contribution is -0.140. The number of benzene rings is 1. The van der Waals surface area contributed by atoms with Gasteiger partial charge in [-0.2, -0.15) is 0 Å². The Hall–Kier alpha value is -1.46. The van der Waals surface area contributed by atoms with Crippen molar-refractivity contribution >= 4 is 18.4 Å². The van der Waals surface area contributed by atoms with Crippen LogP contribution in [0.4, 0.5) is 0 Å². The molecule has 114 valence electrons. The van der Waals surface area contributed by atoms with Crippen LogP contribution in [0.1, 0.15) is 19.4 Å². The number of carboxylic acid groups (broad SMARTS) is 1. The van der Waals surface area contributed by atoms with Gasteiger partial charge < -0.3 is 19.9 Å². The van der Waals surface area contributed by atoms with Crippen molar-refractivity contribution in [1.82, 2.24) is 5.32 Å². The Kier molecular flexibility index (Phi) is 8.03. The molecule has 0 bridgehead atoms. The van der Waals surface area contributed by atoms with Crippen molar-refractivity contribution in [3.8, 4) is 11.5 Å². The molecule has 1 unspecified atom stereocenters. The molecule has 0 heterocycles. The Balaban J connectivity index is 0.00000361. The van der Waals surface area contributed by atoms with Gasteiger partial charge in [-0.05, 0) is 23.6 Å². The van der Waals surface area contributed by atoms with Crippen LogP contribution < -0.4 is 14.8 Å². The van der Waals surface area contributed by atoms with E-state index in [2.05, 4.69) is 5.32 Å². The molecular formula is C14H22ClNO4. The molecular weight excluding hydrogens is 282 g/mol. The highest BCUT2D eigenvalue weighted by atomic mass is 35.5. The zero-order valence-corrected chi connectivity index (χ0v) is 13.0. The standard InChI is InChI=1S/C14H21NO4.ClH/c1-9(2)13(14(16)17)15-8-10-5-6-11(18-3)12(7-10)19-4;/h5-7,9,13,15H,8H2,1-4H3,(H,16,17);1H. The minimum absolute atomic E-state index is 0. The van der Waals surface area contributed by atoms with Gasteiger partial charge in [-0.15, -0.1) is 12.4 Å². The Morgan fingerprint density at radius 2 is 1.85 bits per heavy atom. The number of aliphatic carboxylic acids is 1. The van der Waals surface area contributed by atoms with Crippen LogP contribution in [-0.2, 0) is 11.3 Å². The van der Waals surface area contributed by atoms with Crippen molar-refractivity contribution in [1.29, 1.82) is 0 Å². The van der Waals surface area contributed by atoms with Gasteiger partial charge in [0.1, 0.15) is 6.04 Å². The van der Waals surface area contributed by atoms with Crippen LogP contribution >= 0.6 is 12.4 Å². The summed E-state index contributed by atoms with van der Waals surface area (Å²) < 4.78 is 10.4. The lowest BCUT2D eigenvalue weighted by Crippen LogP contribution is -2.40. The van der Waals surface area contributed by atoms with Crippen LogP contribution in [0.3, 0.4) is 0 Å². The van der Waals surface area contributed by atoms with Gasteiger partial charge in [0.25, 0.3) is 0 Å². The Labute approximate surface area is 125 Å². The second kappa shape index (κ2) is 8.66. The molecule has 0 aliphatic carbocycles. The summed E-state index contributed by atoms with van der Waals surface area (Å²) in [5, 5.41) is 12.1. The summed E-state index contributed by atoms with van der Waals surface area (Å²) in [6.07, 6.45) is 0. The molecule has 0 fully saturated rings. The zero-order valence-electron chi connectivity index (χ0n) is 12.2. The van der Waals surface area contributed by atoms with E-state index in [4.69, 9.17) is 14.6 Å². The van der Waals surface area contributed by atoms with Gasteiger partial charge in [0.2, 0.25) is 0 Å². The molecule has 2 N–H and O–H groups in total. The summed E-state index contributed by atoms with van der Waals surface area (Å²) in [4.78, 5) is 11.1. The van der Waals surface area contributed by atoms with Crippen LogP contribution in [0.25, 0.3) is 0 Å². The third-order valence-corrected chi connectivity index (χ3v) is 2.91. The largest absolute Gasteiger partial charge is 0.493 e. The van der Waals surface area contributed by atoms with Crippen LogP contribution in [-0.4, -0.2) is 31.3 Å². The average Bonchev–Trinajstić information content (AvgIpc) is 2.37. The molecule has 1 atom stereocenters. The fourth-order valence-corrected chi connectivity index (χ4v) is 1.83. The van der Waals surface area contributed by atoms with Gasteiger partial charge in [0.15, 0.2) is 11.5 Å². The summed E-state index contributed by atoms with van der Waals surface area (Å²) in [5.41, 5.74) is 0.949. The quantitative estimate of drug-likeness (QED) is 0.809. The van der Waals surface area contributed by atoms with Crippen molar-refractivity contribution in [3.05, 3.63) is 23.8 Å². The molecule has 0 amide bonds. The second-order valence-corrected chi connectivity index (χ2v) is 4.63. The van der Waals surface area contributed by atoms with Crippen molar-refractivity contribution < 1.29 is 19.4 Å². The molecule has 20 heavy (non-hydrogen) atoms. The Morgan fingerprint density at radius 1 is 1.25 bits per heavy atom. The molecule has 0 aliphatic rings. The lowest BCUT2D eigenvalue weighted by Gasteiger charge is -2.18. The van der Waals surface area contributed by atoms with Gasteiger partial charge in [-0.25, -0.2) is 0 Å². The third-order valence-electron chi connectivity index (χ3n) is 2.91. The van der Waals surface area contributed by atoms with Gasteiger partial charge in [-0.3, -0.25) is 4.79 Å². The molecule has 5 nitrogen and oxygen atoms in total. The summed E-state index contributed by atoms with van der Waals surface area (Å²) in [6.45, 7) is 4.22. The number of hydrogen-bond donors (Lipinski definition) is 2. The first kappa shape index (κ1) is 18.5. The number of hydrogen-bond acceptors (Lipinski definition) is 4.